The molecule has 0 spiro atoms. The van der Waals surface area contributed by atoms with E-state index in [9.17, 15) is 14.7 Å². The van der Waals surface area contributed by atoms with Gasteiger partial charge in [-0.1, -0.05) is 20.8 Å². The van der Waals surface area contributed by atoms with Crippen molar-refractivity contribution in [2.75, 3.05) is 17.7 Å². The Hall–Kier alpha value is -3.75. The number of hydrogen-bond donors (Lipinski definition) is 3. The minimum atomic E-state index is -1.03. The molecular formula is C25H32N6O3. The Labute approximate surface area is 199 Å². The van der Waals surface area contributed by atoms with Crippen LogP contribution in [0.3, 0.4) is 0 Å². The Morgan fingerprint density at radius 1 is 1.18 bits per heavy atom. The Bertz CT molecular complexity index is 1190. The molecule has 2 aromatic heterocycles. The third-order valence-electron chi connectivity index (χ3n) is 5.53. The molecule has 9 heteroatoms. The molecule has 2 heterocycles. The van der Waals surface area contributed by atoms with Gasteiger partial charge >= 0.3 is 5.97 Å². The second-order valence-corrected chi connectivity index (χ2v) is 9.74. The number of carbonyl (C=O) groups is 2. The summed E-state index contributed by atoms with van der Waals surface area (Å²) in [6.07, 6.45) is 2.82. The van der Waals surface area contributed by atoms with E-state index in [2.05, 4.69) is 20.3 Å². The van der Waals surface area contributed by atoms with Crippen molar-refractivity contribution in [1.29, 1.82) is 0 Å². The minimum Gasteiger partial charge on any atom is -0.480 e. The van der Waals surface area contributed by atoms with Crippen LogP contribution in [0.5, 0.6) is 0 Å². The number of fused-ring (bicyclic) bond motifs is 1. The fraction of sp³-hybridized carbons (Fsp3) is 0.400. The zero-order valence-electron chi connectivity index (χ0n) is 20.3. The topological polar surface area (TPSA) is 134 Å². The van der Waals surface area contributed by atoms with E-state index in [-0.39, 0.29) is 5.41 Å². The zero-order valence-corrected chi connectivity index (χ0v) is 20.3. The van der Waals surface area contributed by atoms with E-state index in [4.69, 9.17) is 5.73 Å². The van der Waals surface area contributed by atoms with E-state index in [0.717, 1.165) is 11.3 Å². The fourth-order valence-electron chi connectivity index (χ4n) is 3.59. The summed E-state index contributed by atoms with van der Waals surface area (Å²) in [5.74, 6) is -0.452. The summed E-state index contributed by atoms with van der Waals surface area (Å²) >= 11 is 0. The summed E-state index contributed by atoms with van der Waals surface area (Å²) in [5, 5.41) is 12.8. The number of aromatic nitrogens is 3. The molecule has 0 fully saturated rings. The minimum absolute atomic E-state index is 0.0110. The molecule has 180 valence electrons. The molecule has 3 aromatic rings. The number of rotatable bonds is 8. The fourth-order valence-corrected chi connectivity index (χ4v) is 3.59. The number of carboxylic acids is 1. The Morgan fingerprint density at radius 2 is 1.85 bits per heavy atom. The van der Waals surface area contributed by atoms with E-state index >= 15 is 0 Å². The number of aliphatic carboxylic acids is 1. The van der Waals surface area contributed by atoms with E-state index in [0.29, 0.717) is 47.6 Å². The molecule has 4 N–H and O–H groups in total. The zero-order chi connectivity index (χ0) is 25.0. The van der Waals surface area contributed by atoms with Crippen LogP contribution in [-0.2, 0) is 11.3 Å². The van der Waals surface area contributed by atoms with E-state index in [1.807, 2.05) is 50.9 Å². The lowest BCUT2D eigenvalue weighted by molar-refractivity contribution is -0.139. The number of benzene rings is 1. The van der Waals surface area contributed by atoms with Crippen molar-refractivity contribution >= 4 is 34.4 Å². The first-order valence-electron chi connectivity index (χ1n) is 11.2. The van der Waals surface area contributed by atoms with Gasteiger partial charge in [0.2, 0.25) is 0 Å². The number of anilines is 2. The molecule has 0 aliphatic carbocycles. The Morgan fingerprint density at radius 3 is 2.47 bits per heavy atom. The van der Waals surface area contributed by atoms with Crippen molar-refractivity contribution < 1.29 is 14.7 Å². The van der Waals surface area contributed by atoms with Gasteiger partial charge in [-0.2, -0.15) is 0 Å². The quantitative estimate of drug-likeness (QED) is 0.461. The monoisotopic (exact) mass is 464 g/mol. The lowest BCUT2D eigenvalue weighted by Gasteiger charge is -2.22. The summed E-state index contributed by atoms with van der Waals surface area (Å²) in [5.41, 5.74) is 8.83. The van der Waals surface area contributed by atoms with Crippen molar-refractivity contribution in [3.63, 3.8) is 0 Å². The van der Waals surface area contributed by atoms with E-state index < -0.39 is 17.9 Å². The van der Waals surface area contributed by atoms with Gasteiger partial charge in [0.05, 0.1) is 5.39 Å². The van der Waals surface area contributed by atoms with Gasteiger partial charge in [-0.25, -0.2) is 19.7 Å². The molecule has 1 atom stereocenters. The van der Waals surface area contributed by atoms with E-state index in [1.165, 1.54) is 0 Å². The third kappa shape index (κ3) is 6.40. The predicted molar refractivity (Wildman–Crippen MR) is 133 cm³/mol. The van der Waals surface area contributed by atoms with Gasteiger partial charge in [-0.15, -0.1) is 0 Å². The first kappa shape index (κ1) is 24.9. The molecule has 0 radical (unpaired) electrons. The number of nitrogens with two attached hydrogens (primary N) is 1. The van der Waals surface area contributed by atoms with Crippen molar-refractivity contribution in [2.24, 2.45) is 5.41 Å². The highest BCUT2D eigenvalue weighted by atomic mass is 16.4. The summed E-state index contributed by atoms with van der Waals surface area (Å²) in [4.78, 5) is 39.1. The van der Waals surface area contributed by atoms with Gasteiger partial charge < -0.3 is 21.1 Å². The molecule has 1 unspecified atom stereocenters. The molecule has 0 bridgehead atoms. The van der Waals surface area contributed by atoms with Gasteiger partial charge in [0, 0.05) is 31.0 Å². The lowest BCUT2D eigenvalue weighted by Crippen LogP contribution is -2.41. The van der Waals surface area contributed by atoms with Crippen LogP contribution in [0, 0.1) is 12.3 Å². The molecule has 0 aliphatic rings. The number of nitrogens with one attached hydrogen (secondary N) is 1. The number of nitrogen functional groups attached to an aromatic ring is 1. The number of amides is 1. The van der Waals surface area contributed by atoms with Gasteiger partial charge in [0.1, 0.15) is 17.7 Å². The average Bonchev–Trinajstić information content (AvgIpc) is 2.76. The maximum atomic E-state index is 12.6. The number of nitrogens with zero attached hydrogens (tertiary/aromatic N) is 4. The molecule has 0 aliphatic heterocycles. The summed E-state index contributed by atoms with van der Waals surface area (Å²) in [6, 6.07) is 8.05. The smallest absolute Gasteiger partial charge is 0.326 e. The highest BCUT2D eigenvalue weighted by molar-refractivity contribution is 5.96. The number of carboxylic acid groups (broad SMARTS) is 1. The van der Waals surface area contributed by atoms with Crippen molar-refractivity contribution in [3.05, 3.63) is 53.5 Å². The van der Waals surface area contributed by atoms with Crippen LogP contribution in [0.25, 0.3) is 11.0 Å². The van der Waals surface area contributed by atoms with Crippen LogP contribution in [0.2, 0.25) is 0 Å². The largest absolute Gasteiger partial charge is 0.480 e. The summed E-state index contributed by atoms with van der Waals surface area (Å²) in [6.45, 7) is 8.47. The summed E-state index contributed by atoms with van der Waals surface area (Å²) in [7, 11) is 1.93. The second-order valence-electron chi connectivity index (χ2n) is 9.74. The highest BCUT2D eigenvalue weighted by Gasteiger charge is 2.23. The van der Waals surface area contributed by atoms with Gasteiger partial charge in [0.15, 0.2) is 5.65 Å². The van der Waals surface area contributed by atoms with E-state index in [1.54, 1.807) is 25.3 Å². The van der Waals surface area contributed by atoms with Crippen LogP contribution in [0.1, 0.15) is 55.4 Å². The van der Waals surface area contributed by atoms with Crippen molar-refractivity contribution in [1.82, 2.24) is 20.3 Å². The first-order chi connectivity index (χ1) is 15.9. The number of pyridine rings is 1. The molecule has 3 rings (SSSR count). The third-order valence-corrected chi connectivity index (χ3v) is 5.53. The second kappa shape index (κ2) is 10.0. The number of hydrogen-bond acceptors (Lipinski definition) is 7. The first-order valence-corrected chi connectivity index (χ1v) is 11.2. The maximum absolute atomic E-state index is 12.6. The predicted octanol–water partition coefficient (Wildman–Crippen LogP) is 3.56. The van der Waals surface area contributed by atoms with Crippen LogP contribution in [-0.4, -0.2) is 45.0 Å². The Balaban J connectivity index is 1.66. The molecule has 0 saturated heterocycles. The van der Waals surface area contributed by atoms with Crippen LogP contribution >= 0.6 is 0 Å². The SMILES string of the molecule is Cc1nc(N)c2cc(CN(C)c3ccc(C(=O)NC(CCC(C)(C)C)C(=O)O)cc3)cnc2n1. The number of carbonyl (C=O) groups excluding carboxylic acids is 1. The van der Waals surface area contributed by atoms with Crippen LogP contribution in [0.15, 0.2) is 36.5 Å². The summed E-state index contributed by atoms with van der Waals surface area (Å²) < 4.78 is 0. The van der Waals surface area contributed by atoms with Crippen LogP contribution < -0.4 is 16.0 Å². The number of aryl methyl sites for hydroxylation is 1. The highest BCUT2D eigenvalue weighted by Crippen LogP contribution is 2.23. The van der Waals surface area contributed by atoms with Crippen molar-refractivity contribution in [2.45, 2.75) is 53.1 Å². The molecular weight excluding hydrogens is 432 g/mol. The molecule has 0 saturated carbocycles. The van der Waals surface area contributed by atoms with Gasteiger partial charge in [0.25, 0.3) is 5.91 Å². The van der Waals surface area contributed by atoms with Crippen LogP contribution in [0.4, 0.5) is 11.5 Å². The molecule has 9 nitrogen and oxygen atoms in total. The van der Waals surface area contributed by atoms with Gasteiger partial charge in [-0.05, 0) is 61.1 Å². The van der Waals surface area contributed by atoms with Crippen molar-refractivity contribution in [3.8, 4) is 0 Å². The van der Waals surface area contributed by atoms with Gasteiger partial charge in [-0.3, -0.25) is 4.79 Å². The lowest BCUT2D eigenvalue weighted by atomic mass is 9.88. The Kier molecular flexibility index (Phi) is 7.34. The maximum Gasteiger partial charge on any atom is 0.326 e. The normalized spacial score (nSPS) is 12.4. The molecule has 34 heavy (non-hydrogen) atoms. The molecule has 1 amide bonds. The average molecular weight is 465 g/mol. The molecule has 1 aromatic carbocycles. The standard InChI is InChI=1S/C25H32N6O3/c1-15-28-21(26)19-12-16(13-27-22(19)29-15)14-31(5)18-8-6-17(7-9-18)23(32)30-20(24(33)34)10-11-25(2,3)4/h6-9,12-13,20H,10-11,14H2,1-5H3,(H,30,32)(H,33,34)(H2,26,27,28,29).